The van der Waals surface area contributed by atoms with Crippen molar-refractivity contribution in [3.05, 3.63) is 63.2 Å². The van der Waals surface area contributed by atoms with Crippen molar-refractivity contribution < 1.29 is 45.0 Å². The Labute approximate surface area is 241 Å². The van der Waals surface area contributed by atoms with Crippen LogP contribution in [0.3, 0.4) is 0 Å². The van der Waals surface area contributed by atoms with Crippen LogP contribution in [0.15, 0.2) is 35.3 Å². The van der Waals surface area contributed by atoms with Gasteiger partial charge in [0, 0.05) is 37.9 Å². The molecule has 1 aromatic heterocycles. The van der Waals surface area contributed by atoms with Crippen molar-refractivity contribution >= 4 is 22.5 Å². The molecule has 2 aromatic carbocycles. The fourth-order valence-corrected chi connectivity index (χ4v) is 5.30. The lowest BCUT2D eigenvalue weighted by Gasteiger charge is -2.38. The average Bonchev–Trinajstić information content (AvgIpc) is 2.86. The molecule has 0 bridgehead atoms. The van der Waals surface area contributed by atoms with Crippen molar-refractivity contribution in [2.24, 2.45) is 0 Å². The van der Waals surface area contributed by atoms with Gasteiger partial charge in [0.2, 0.25) is 5.43 Å². The Morgan fingerprint density at radius 3 is 2.30 bits per heavy atom. The number of carbonyl (C=O) groups is 1. The third kappa shape index (κ3) is 7.32. The number of benzene rings is 2. The molecule has 0 aliphatic carbocycles. The number of carbonyl (C=O) groups excluding carboxylic acids is 1. The van der Waals surface area contributed by atoms with Gasteiger partial charge in [0.25, 0.3) is 5.91 Å². The van der Waals surface area contributed by atoms with Crippen LogP contribution in [0, 0.1) is 12.7 Å². The summed E-state index contributed by atoms with van der Waals surface area (Å²) in [4.78, 5) is 28.1. The van der Waals surface area contributed by atoms with Gasteiger partial charge < -0.3 is 29.6 Å². The molecule has 1 aliphatic rings. The van der Waals surface area contributed by atoms with E-state index >= 15 is 4.39 Å². The maximum absolute atomic E-state index is 15.6. The van der Waals surface area contributed by atoms with E-state index < -0.39 is 52.9 Å². The number of ether oxygens (including phenoxy) is 2. The highest BCUT2D eigenvalue weighted by Gasteiger charge is 2.34. The molecule has 1 saturated heterocycles. The van der Waals surface area contributed by atoms with Gasteiger partial charge in [-0.1, -0.05) is 6.07 Å². The molecular weight excluding hydrogens is 589 g/mol. The number of rotatable bonds is 7. The van der Waals surface area contributed by atoms with E-state index in [-0.39, 0.29) is 35.6 Å². The third-order valence-electron chi connectivity index (χ3n) is 6.90. The second-order valence-electron chi connectivity index (χ2n) is 10.4. The third-order valence-corrected chi connectivity index (χ3v) is 6.90. The first-order chi connectivity index (χ1) is 20.0. The van der Waals surface area contributed by atoms with Crippen LogP contribution in [0.1, 0.15) is 35.3 Å². The normalized spacial score (nSPS) is 17.7. The zero-order valence-electron chi connectivity index (χ0n) is 23.5. The first kappa shape index (κ1) is 31.9. The number of anilines is 1. The Balaban J connectivity index is 1.76. The van der Waals surface area contributed by atoms with E-state index in [0.717, 1.165) is 31.5 Å². The van der Waals surface area contributed by atoms with Gasteiger partial charge >= 0.3 is 12.5 Å². The highest BCUT2D eigenvalue weighted by Crippen LogP contribution is 2.39. The SMILES string of the molecule is COc1c(N2CC(C)NC(C)C2)c(F)cc2c(=O)c(C(=O)NCc3ccc(OC(F)(F)F)cc3C)cn(CC(F)(F)F)c12. The monoisotopic (exact) mass is 618 g/mol. The average molecular weight is 619 g/mol. The van der Waals surface area contributed by atoms with Gasteiger partial charge in [0.15, 0.2) is 11.6 Å². The summed E-state index contributed by atoms with van der Waals surface area (Å²) in [6.07, 6.45) is -8.95. The van der Waals surface area contributed by atoms with Crippen LogP contribution < -0.4 is 30.4 Å². The molecule has 15 heteroatoms. The summed E-state index contributed by atoms with van der Waals surface area (Å²) < 4.78 is 104. The van der Waals surface area contributed by atoms with Crippen LogP contribution in [-0.2, 0) is 13.1 Å². The predicted octanol–water partition coefficient (Wildman–Crippen LogP) is 5.04. The fraction of sp³-hybridized carbons (Fsp3) is 0.429. The van der Waals surface area contributed by atoms with Crippen LogP contribution in [0.2, 0.25) is 0 Å². The zero-order chi connectivity index (χ0) is 31.9. The maximum Gasteiger partial charge on any atom is 0.573 e. The minimum atomic E-state index is -4.90. The van der Waals surface area contributed by atoms with Crippen molar-refractivity contribution in [3.8, 4) is 11.5 Å². The summed E-state index contributed by atoms with van der Waals surface area (Å²) in [5, 5.41) is 5.19. The van der Waals surface area contributed by atoms with E-state index in [9.17, 15) is 35.9 Å². The Morgan fingerprint density at radius 2 is 1.74 bits per heavy atom. The molecule has 43 heavy (non-hydrogen) atoms. The molecule has 2 heterocycles. The topological polar surface area (TPSA) is 84.8 Å². The molecule has 0 spiro atoms. The molecule has 1 aliphatic heterocycles. The van der Waals surface area contributed by atoms with E-state index in [1.807, 2.05) is 13.8 Å². The molecular formula is C28H29F7N4O4. The number of hydrogen-bond acceptors (Lipinski definition) is 6. The Hall–Kier alpha value is -4.01. The van der Waals surface area contributed by atoms with Crippen molar-refractivity contribution in [1.29, 1.82) is 0 Å². The summed E-state index contributed by atoms with van der Waals surface area (Å²) in [5.74, 6) is -2.73. The number of amides is 1. The Bertz CT molecular complexity index is 1580. The molecule has 2 N–H and O–H groups in total. The molecule has 1 fully saturated rings. The lowest BCUT2D eigenvalue weighted by Crippen LogP contribution is -2.54. The molecule has 8 nitrogen and oxygen atoms in total. The predicted molar refractivity (Wildman–Crippen MR) is 144 cm³/mol. The van der Waals surface area contributed by atoms with E-state index in [0.29, 0.717) is 28.8 Å². The maximum atomic E-state index is 15.6. The number of hydrogen-bond donors (Lipinski definition) is 2. The number of alkyl halides is 6. The number of piperazine rings is 1. The van der Waals surface area contributed by atoms with Gasteiger partial charge in [0.1, 0.15) is 23.5 Å². The smallest absolute Gasteiger partial charge is 0.492 e. The molecule has 1 amide bonds. The fourth-order valence-electron chi connectivity index (χ4n) is 5.30. The standard InChI is InChI=1S/C28H29F7N4O4/c1-14-7-18(43-28(33,34)35)6-5-17(14)9-36-26(41)20-12-39(13-27(30,31)32)22-19(24(20)40)8-21(29)23(25(22)42-4)38-10-15(2)37-16(3)11-38/h5-8,12,15-16,37H,9-11,13H2,1-4H3,(H,36,41). The van der Waals surface area contributed by atoms with Crippen molar-refractivity contribution in [2.75, 3.05) is 25.1 Å². The summed E-state index contributed by atoms with van der Waals surface area (Å²) in [6.45, 7) is 3.94. The number of halogens is 7. The second kappa shape index (κ2) is 11.9. The number of nitrogens with one attached hydrogen (secondary N) is 2. The van der Waals surface area contributed by atoms with Crippen molar-refractivity contribution in [2.45, 2.75) is 58.5 Å². The quantitative estimate of drug-likeness (QED) is 0.362. The van der Waals surface area contributed by atoms with Crippen LogP contribution in [0.4, 0.5) is 36.4 Å². The van der Waals surface area contributed by atoms with Gasteiger partial charge in [-0.05, 0) is 50.1 Å². The van der Waals surface area contributed by atoms with E-state index in [1.165, 1.54) is 13.0 Å². The molecule has 3 aromatic rings. The number of pyridine rings is 1. The van der Waals surface area contributed by atoms with Gasteiger partial charge in [-0.3, -0.25) is 9.59 Å². The number of aromatic nitrogens is 1. The van der Waals surface area contributed by atoms with Gasteiger partial charge in [-0.2, -0.15) is 13.2 Å². The highest BCUT2D eigenvalue weighted by atomic mass is 19.4. The summed E-state index contributed by atoms with van der Waals surface area (Å²) in [6, 6.07) is 4.03. The van der Waals surface area contributed by atoms with Crippen LogP contribution in [-0.4, -0.2) is 55.3 Å². The zero-order valence-corrected chi connectivity index (χ0v) is 23.5. The molecule has 4 rings (SSSR count). The number of aryl methyl sites for hydroxylation is 1. The minimum absolute atomic E-state index is 0.0796. The van der Waals surface area contributed by atoms with Crippen LogP contribution in [0.25, 0.3) is 10.9 Å². The Kier molecular flexibility index (Phi) is 8.86. The second-order valence-corrected chi connectivity index (χ2v) is 10.4. The molecule has 234 valence electrons. The summed E-state index contributed by atoms with van der Waals surface area (Å²) >= 11 is 0. The van der Waals surface area contributed by atoms with E-state index in [4.69, 9.17) is 4.74 Å². The molecule has 2 atom stereocenters. The van der Waals surface area contributed by atoms with E-state index in [2.05, 4.69) is 15.4 Å². The number of nitrogens with zero attached hydrogens (tertiary/aromatic N) is 2. The molecule has 0 saturated carbocycles. The molecule has 2 unspecified atom stereocenters. The minimum Gasteiger partial charge on any atom is -0.492 e. The van der Waals surface area contributed by atoms with Crippen molar-refractivity contribution in [1.82, 2.24) is 15.2 Å². The van der Waals surface area contributed by atoms with Gasteiger partial charge in [0.05, 0.1) is 18.0 Å². The van der Waals surface area contributed by atoms with E-state index in [1.54, 1.807) is 4.90 Å². The molecule has 0 radical (unpaired) electrons. The summed E-state index contributed by atoms with van der Waals surface area (Å²) in [5.41, 5.74) is -1.47. The van der Waals surface area contributed by atoms with Crippen molar-refractivity contribution in [3.63, 3.8) is 0 Å². The highest BCUT2D eigenvalue weighted by molar-refractivity contribution is 5.99. The Morgan fingerprint density at radius 1 is 1.09 bits per heavy atom. The van der Waals surface area contributed by atoms with Crippen LogP contribution >= 0.6 is 0 Å². The lowest BCUT2D eigenvalue weighted by molar-refractivity contribution is -0.274. The first-order valence-electron chi connectivity index (χ1n) is 13.1. The van der Waals surface area contributed by atoms with Gasteiger partial charge in [-0.15, -0.1) is 13.2 Å². The largest absolute Gasteiger partial charge is 0.573 e. The summed E-state index contributed by atoms with van der Waals surface area (Å²) in [7, 11) is 1.16. The van der Waals surface area contributed by atoms with Crippen LogP contribution in [0.5, 0.6) is 11.5 Å². The lowest BCUT2D eigenvalue weighted by atomic mass is 10.0. The first-order valence-corrected chi connectivity index (χ1v) is 13.1. The number of methoxy groups -OCH3 is 1. The van der Waals surface area contributed by atoms with Gasteiger partial charge in [-0.25, -0.2) is 4.39 Å². The number of fused-ring (bicyclic) bond motifs is 1.